The molecule has 3 aromatic rings. The summed E-state index contributed by atoms with van der Waals surface area (Å²) in [6.07, 6.45) is 1.77. The third-order valence-corrected chi connectivity index (χ3v) is 3.67. The fraction of sp³-hybridized carbons (Fsp3) is 0.0714. The molecule has 1 N–H and O–H groups in total. The van der Waals surface area contributed by atoms with Crippen molar-refractivity contribution < 1.29 is 0 Å². The Bertz CT molecular complexity index is 801. The number of hydrogen-bond acceptors (Lipinski definition) is 4. The number of aromatic nitrogens is 3. The summed E-state index contributed by atoms with van der Waals surface area (Å²) < 4.78 is 0.820. The zero-order chi connectivity index (χ0) is 12.8. The number of nitrogens with zero attached hydrogens (tertiary/aromatic N) is 3. The predicted octanol–water partition coefficient (Wildman–Crippen LogP) is 3.38. The quantitative estimate of drug-likeness (QED) is 0.647. The van der Waals surface area contributed by atoms with Crippen LogP contribution in [0.15, 0.2) is 41.1 Å². The van der Waals surface area contributed by atoms with Crippen molar-refractivity contribution in [2.24, 2.45) is 0 Å². The van der Waals surface area contributed by atoms with Crippen LogP contribution in [0.25, 0.3) is 22.3 Å². The average molecular weight is 313 g/mol. The molecule has 1 aliphatic heterocycles. The predicted molar refractivity (Wildman–Crippen MR) is 77.8 cm³/mol. The van der Waals surface area contributed by atoms with Gasteiger partial charge in [-0.1, -0.05) is 0 Å². The van der Waals surface area contributed by atoms with Gasteiger partial charge in [-0.15, -0.1) is 0 Å². The van der Waals surface area contributed by atoms with Gasteiger partial charge in [0.25, 0.3) is 0 Å². The van der Waals surface area contributed by atoms with Crippen LogP contribution < -0.4 is 5.32 Å². The topological polar surface area (TPSA) is 50.7 Å². The van der Waals surface area contributed by atoms with E-state index in [1.165, 1.54) is 5.56 Å². The van der Waals surface area contributed by atoms with E-state index >= 15 is 0 Å². The molecule has 3 aromatic heterocycles. The maximum absolute atomic E-state index is 4.68. The van der Waals surface area contributed by atoms with E-state index in [0.717, 1.165) is 39.3 Å². The third-order valence-electron chi connectivity index (χ3n) is 3.23. The molecule has 4 nitrogen and oxygen atoms in total. The van der Waals surface area contributed by atoms with Crippen LogP contribution in [-0.4, -0.2) is 15.0 Å². The highest BCUT2D eigenvalue weighted by atomic mass is 79.9. The summed E-state index contributed by atoms with van der Waals surface area (Å²) in [6, 6.07) is 10.1. The smallest absolute Gasteiger partial charge is 0.159 e. The lowest BCUT2D eigenvalue weighted by molar-refractivity contribution is 1.06. The highest BCUT2D eigenvalue weighted by molar-refractivity contribution is 9.10. The lowest BCUT2D eigenvalue weighted by Gasteiger charge is -2.20. The second kappa shape index (κ2) is 3.99. The summed E-state index contributed by atoms with van der Waals surface area (Å²) in [7, 11) is 0. The number of rotatable bonds is 0. The maximum Gasteiger partial charge on any atom is 0.159 e. The van der Waals surface area contributed by atoms with E-state index in [4.69, 9.17) is 0 Å². The lowest BCUT2D eigenvalue weighted by Crippen LogP contribution is -2.11. The molecule has 0 aromatic carbocycles. The minimum atomic E-state index is 0.740. The van der Waals surface area contributed by atoms with Crippen LogP contribution in [0, 0.1) is 0 Å². The van der Waals surface area contributed by atoms with Crippen LogP contribution in [-0.2, 0) is 6.54 Å². The van der Waals surface area contributed by atoms with Gasteiger partial charge in [-0.3, -0.25) is 0 Å². The van der Waals surface area contributed by atoms with Crippen LogP contribution in [0.2, 0.25) is 0 Å². The van der Waals surface area contributed by atoms with Gasteiger partial charge in [0.15, 0.2) is 5.65 Å². The van der Waals surface area contributed by atoms with E-state index in [0.29, 0.717) is 0 Å². The van der Waals surface area contributed by atoms with Crippen molar-refractivity contribution in [3.8, 4) is 11.3 Å². The Hall–Kier alpha value is -2.01. The van der Waals surface area contributed by atoms with E-state index < -0.39 is 0 Å². The van der Waals surface area contributed by atoms with Crippen LogP contribution in [0.1, 0.15) is 5.56 Å². The Morgan fingerprint density at radius 2 is 2.11 bits per heavy atom. The van der Waals surface area contributed by atoms with E-state index in [1.54, 1.807) is 6.20 Å². The molecule has 4 rings (SSSR count). The molecule has 19 heavy (non-hydrogen) atoms. The number of anilines is 1. The summed E-state index contributed by atoms with van der Waals surface area (Å²) in [4.78, 5) is 13.4. The lowest BCUT2D eigenvalue weighted by atomic mass is 10.0. The molecular formula is C14H9BrN4. The molecule has 0 saturated carbocycles. The standard InChI is InChI=1S/C14H9BrN4/c15-11-4-3-10-12-9(7-17-14(10)18-11)6-8-2-1-5-16-13(8)19-12/h1-6H,7H2,(H,17,18). The van der Waals surface area contributed by atoms with Gasteiger partial charge < -0.3 is 5.32 Å². The zero-order valence-electron chi connectivity index (χ0n) is 9.89. The molecule has 0 radical (unpaired) electrons. The summed E-state index contributed by atoms with van der Waals surface area (Å²) >= 11 is 3.39. The summed E-state index contributed by atoms with van der Waals surface area (Å²) in [6.45, 7) is 0.740. The Balaban J connectivity index is 2.02. The molecule has 4 heterocycles. The van der Waals surface area contributed by atoms with Gasteiger partial charge in [-0.25, -0.2) is 15.0 Å². The van der Waals surface area contributed by atoms with E-state index in [9.17, 15) is 0 Å². The highest BCUT2D eigenvalue weighted by Gasteiger charge is 2.19. The Kier molecular flexibility index (Phi) is 2.29. The molecule has 5 heteroatoms. The minimum absolute atomic E-state index is 0.740. The van der Waals surface area contributed by atoms with Gasteiger partial charge in [0.05, 0.1) is 5.69 Å². The summed E-state index contributed by atoms with van der Waals surface area (Å²) in [5.41, 5.74) is 3.95. The molecule has 0 saturated heterocycles. The summed E-state index contributed by atoms with van der Waals surface area (Å²) in [5.74, 6) is 0.865. The van der Waals surface area contributed by atoms with Crippen LogP contribution in [0.3, 0.4) is 0 Å². The first-order valence-electron chi connectivity index (χ1n) is 5.97. The molecule has 0 unspecified atom stereocenters. The van der Waals surface area contributed by atoms with E-state index in [2.05, 4.69) is 42.3 Å². The molecule has 92 valence electrons. The largest absolute Gasteiger partial charge is 0.365 e. The van der Waals surface area contributed by atoms with Gasteiger partial charge in [-0.05, 0) is 51.8 Å². The van der Waals surface area contributed by atoms with E-state index in [-0.39, 0.29) is 0 Å². The number of fused-ring (bicyclic) bond motifs is 4. The molecule has 0 spiro atoms. The molecule has 0 bridgehead atoms. The molecule has 0 amide bonds. The number of pyridine rings is 3. The Morgan fingerprint density at radius 1 is 1.16 bits per heavy atom. The third kappa shape index (κ3) is 1.69. The van der Waals surface area contributed by atoms with Gasteiger partial charge in [0.1, 0.15) is 10.4 Å². The van der Waals surface area contributed by atoms with Crippen molar-refractivity contribution >= 4 is 32.8 Å². The van der Waals surface area contributed by atoms with Crippen molar-refractivity contribution in [1.29, 1.82) is 0 Å². The first kappa shape index (κ1) is 10.9. The molecular weight excluding hydrogens is 304 g/mol. The van der Waals surface area contributed by atoms with Gasteiger partial charge in [0.2, 0.25) is 0 Å². The normalized spacial score (nSPS) is 12.7. The first-order chi connectivity index (χ1) is 9.31. The van der Waals surface area contributed by atoms with Crippen LogP contribution in [0.4, 0.5) is 5.82 Å². The van der Waals surface area contributed by atoms with Crippen LogP contribution in [0.5, 0.6) is 0 Å². The van der Waals surface area contributed by atoms with Gasteiger partial charge in [-0.2, -0.15) is 0 Å². The minimum Gasteiger partial charge on any atom is -0.365 e. The SMILES string of the molecule is Brc1ccc2c(n1)NCc1cc3cccnc3nc1-2. The molecule has 0 aliphatic carbocycles. The second-order valence-electron chi connectivity index (χ2n) is 4.43. The molecule has 0 atom stereocenters. The monoisotopic (exact) mass is 312 g/mol. The van der Waals surface area contributed by atoms with Crippen molar-refractivity contribution in [2.45, 2.75) is 6.54 Å². The Labute approximate surface area is 118 Å². The number of nitrogens with one attached hydrogen (secondary N) is 1. The average Bonchev–Trinajstić information content (AvgIpc) is 2.44. The highest BCUT2D eigenvalue weighted by Crippen LogP contribution is 2.34. The first-order valence-corrected chi connectivity index (χ1v) is 6.76. The van der Waals surface area contributed by atoms with Gasteiger partial charge in [0, 0.05) is 23.7 Å². The number of halogens is 1. The second-order valence-corrected chi connectivity index (χ2v) is 5.24. The maximum atomic E-state index is 4.68. The fourth-order valence-electron chi connectivity index (χ4n) is 2.36. The molecule has 1 aliphatic rings. The van der Waals surface area contributed by atoms with Crippen molar-refractivity contribution in [3.63, 3.8) is 0 Å². The van der Waals surface area contributed by atoms with Crippen molar-refractivity contribution in [2.75, 3.05) is 5.32 Å². The fourth-order valence-corrected chi connectivity index (χ4v) is 2.67. The van der Waals surface area contributed by atoms with Crippen molar-refractivity contribution in [3.05, 3.63) is 46.7 Å². The van der Waals surface area contributed by atoms with Crippen molar-refractivity contribution in [1.82, 2.24) is 15.0 Å². The molecule has 0 fully saturated rings. The zero-order valence-corrected chi connectivity index (χ0v) is 11.5. The van der Waals surface area contributed by atoms with E-state index in [1.807, 2.05) is 24.3 Å². The summed E-state index contributed by atoms with van der Waals surface area (Å²) in [5, 5.41) is 4.39. The number of hydrogen-bond donors (Lipinski definition) is 1. The Morgan fingerprint density at radius 3 is 3.05 bits per heavy atom. The van der Waals surface area contributed by atoms with Gasteiger partial charge >= 0.3 is 0 Å². The van der Waals surface area contributed by atoms with Crippen LogP contribution >= 0.6 is 15.9 Å².